The molecule has 4 rings (SSSR count). The number of rotatable bonds is 3. The average molecular weight is 380 g/mol. The Hall–Kier alpha value is -2.95. The predicted molar refractivity (Wildman–Crippen MR) is 87.4 cm³/mol. The highest BCUT2D eigenvalue weighted by Crippen LogP contribution is 2.36. The summed E-state index contributed by atoms with van der Waals surface area (Å²) < 4.78 is 38.7. The Bertz CT molecular complexity index is 860. The lowest BCUT2D eigenvalue weighted by molar-refractivity contribution is -0.141. The molecule has 2 fully saturated rings. The molecule has 2 aromatic heterocycles. The van der Waals surface area contributed by atoms with Crippen molar-refractivity contribution in [2.24, 2.45) is 0 Å². The van der Waals surface area contributed by atoms with Gasteiger partial charge >= 0.3 is 6.18 Å². The Labute approximate surface area is 151 Å². The summed E-state index contributed by atoms with van der Waals surface area (Å²) in [5.74, 6) is 0.0489. The van der Waals surface area contributed by atoms with Gasteiger partial charge in [-0.25, -0.2) is 20.4 Å². The van der Waals surface area contributed by atoms with Crippen LogP contribution in [0.5, 0.6) is 0 Å². The molecule has 2 aliphatic heterocycles. The van der Waals surface area contributed by atoms with Gasteiger partial charge in [-0.3, -0.25) is 10.0 Å². The summed E-state index contributed by atoms with van der Waals surface area (Å²) in [4.78, 5) is 27.2. The molecule has 2 atom stereocenters. The minimum Gasteiger partial charge on any atom is -0.350 e. The molecular formula is C16H15F3N6O2. The van der Waals surface area contributed by atoms with Gasteiger partial charge in [0, 0.05) is 25.5 Å². The molecule has 0 saturated carbocycles. The van der Waals surface area contributed by atoms with E-state index in [1.165, 1.54) is 23.9 Å². The van der Waals surface area contributed by atoms with Gasteiger partial charge in [0.2, 0.25) is 5.95 Å². The smallest absolute Gasteiger partial charge is 0.350 e. The summed E-state index contributed by atoms with van der Waals surface area (Å²) in [6.07, 6.45) is -1.09. The molecule has 1 amide bonds. The maximum Gasteiger partial charge on any atom is 0.433 e. The lowest BCUT2D eigenvalue weighted by atomic mass is 10.2. The third kappa shape index (κ3) is 3.14. The topological polar surface area (TPSA) is 94.5 Å². The zero-order valence-electron chi connectivity index (χ0n) is 13.9. The molecule has 2 saturated heterocycles. The number of alkyl halides is 3. The monoisotopic (exact) mass is 380 g/mol. The van der Waals surface area contributed by atoms with Crippen LogP contribution in [0.25, 0.3) is 0 Å². The first-order chi connectivity index (χ1) is 12.9. The minimum absolute atomic E-state index is 0.00926. The Balaban J connectivity index is 1.49. The molecule has 27 heavy (non-hydrogen) atoms. The second kappa shape index (κ2) is 6.34. The van der Waals surface area contributed by atoms with E-state index >= 15 is 0 Å². The lowest BCUT2D eigenvalue weighted by Crippen LogP contribution is -2.47. The predicted octanol–water partition coefficient (Wildman–Crippen LogP) is 1.48. The fraction of sp³-hybridized carbons (Fsp3) is 0.375. The van der Waals surface area contributed by atoms with E-state index in [4.69, 9.17) is 5.21 Å². The number of anilines is 2. The Morgan fingerprint density at radius 1 is 1.15 bits per heavy atom. The molecule has 11 heteroatoms. The van der Waals surface area contributed by atoms with Crippen LogP contribution < -0.4 is 15.3 Å². The summed E-state index contributed by atoms with van der Waals surface area (Å²) in [5.41, 5.74) is 0.733. The summed E-state index contributed by atoms with van der Waals surface area (Å²) in [5, 5.41) is 8.61. The molecule has 0 aliphatic carbocycles. The summed E-state index contributed by atoms with van der Waals surface area (Å²) in [7, 11) is 0. The molecule has 0 spiro atoms. The van der Waals surface area contributed by atoms with Crippen LogP contribution >= 0.6 is 0 Å². The standard InChI is InChI=1S/C16H15F3N6O2/c17-16(18,19)12-2-1-3-13(22-12)24-7-11-4-10(24)8-25(11)15-20-5-9(6-21-15)14(26)23-27/h1-3,5-6,10-11,27H,4,7-8H2,(H,23,26). The van der Waals surface area contributed by atoms with Crippen molar-refractivity contribution in [2.45, 2.75) is 24.7 Å². The van der Waals surface area contributed by atoms with Gasteiger partial charge in [0.05, 0.1) is 17.6 Å². The van der Waals surface area contributed by atoms with Crippen molar-refractivity contribution >= 4 is 17.7 Å². The number of carbonyl (C=O) groups excluding carboxylic acids is 1. The zero-order valence-corrected chi connectivity index (χ0v) is 13.9. The first-order valence-corrected chi connectivity index (χ1v) is 8.21. The third-order valence-electron chi connectivity index (χ3n) is 4.82. The number of pyridine rings is 1. The molecule has 0 aromatic carbocycles. The van der Waals surface area contributed by atoms with Crippen molar-refractivity contribution in [3.8, 4) is 0 Å². The molecule has 8 nitrogen and oxygen atoms in total. The third-order valence-corrected chi connectivity index (χ3v) is 4.82. The van der Waals surface area contributed by atoms with Gasteiger partial charge in [-0.15, -0.1) is 0 Å². The van der Waals surface area contributed by atoms with Crippen LogP contribution in [0.1, 0.15) is 22.5 Å². The number of aromatic nitrogens is 3. The van der Waals surface area contributed by atoms with Gasteiger partial charge in [0.25, 0.3) is 5.91 Å². The van der Waals surface area contributed by atoms with E-state index in [-0.39, 0.29) is 17.6 Å². The lowest BCUT2D eigenvalue weighted by Gasteiger charge is -2.35. The maximum absolute atomic E-state index is 12.9. The molecule has 142 valence electrons. The van der Waals surface area contributed by atoms with Crippen LogP contribution in [-0.4, -0.2) is 51.2 Å². The minimum atomic E-state index is -4.47. The van der Waals surface area contributed by atoms with Crippen molar-refractivity contribution in [3.63, 3.8) is 0 Å². The number of amides is 1. The quantitative estimate of drug-likeness (QED) is 0.615. The molecule has 2 aromatic rings. The Morgan fingerprint density at radius 3 is 2.41 bits per heavy atom. The van der Waals surface area contributed by atoms with E-state index in [0.717, 1.165) is 12.5 Å². The normalized spacial score (nSPS) is 21.6. The molecule has 2 unspecified atom stereocenters. The number of nitrogens with zero attached hydrogens (tertiary/aromatic N) is 5. The second-order valence-electron chi connectivity index (χ2n) is 6.44. The van der Waals surface area contributed by atoms with Crippen LogP contribution in [-0.2, 0) is 6.18 Å². The Morgan fingerprint density at radius 2 is 1.81 bits per heavy atom. The van der Waals surface area contributed by atoms with E-state index in [1.54, 1.807) is 6.07 Å². The highest BCUT2D eigenvalue weighted by molar-refractivity contribution is 5.92. The number of carbonyl (C=O) groups is 1. The number of fused-ring (bicyclic) bond motifs is 2. The van der Waals surface area contributed by atoms with Gasteiger partial charge in [0.1, 0.15) is 11.5 Å². The van der Waals surface area contributed by atoms with Gasteiger partial charge < -0.3 is 9.80 Å². The van der Waals surface area contributed by atoms with Crippen molar-refractivity contribution < 1.29 is 23.2 Å². The number of nitrogens with one attached hydrogen (secondary N) is 1. The maximum atomic E-state index is 12.9. The fourth-order valence-corrected chi connectivity index (χ4v) is 3.58. The first kappa shape index (κ1) is 17.5. The summed E-state index contributed by atoms with van der Waals surface area (Å²) in [6.45, 7) is 1.06. The van der Waals surface area contributed by atoms with E-state index < -0.39 is 17.8 Å². The number of hydroxylamine groups is 1. The highest BCUT2D eigenvalue weighted by atomic mass is 19.4. The van der Waals surface area contributed by atoms with Crippen molar-refractivity contribution in [2.75, 3.05) is 22.9 Å². The van der Waals surface area contributed by atoms with Crippen LogP contribution in [0.2, 0.25) is 0 Å². The van der Waals surface area contributed by atoms with Gasteiger partial charge in [0.15, 0.2) is 0 Å². The summed E-state index contributed by atoms with van der Waals surface area (Å²) >= 11 is 0. The van der Waals surface area contributed by atoms with Crippen molar-refractivity contribution in [3.05, 3.63) is 41.9 Å². The first-order valence-electron chi connectivity index (χ1n) is 8.21. The number of hydrogen-bond donors (Lipinski definition) is 2. The largest absolute Gasteiger partial charge is 0.433 e. The molecule has 0 radical (unpaired) electrons. The summed E-state index contributed by atoms with van der Waals surface area (Å²) in [6, 6.07) is 3.96. The van der Waals surface area contributed by atoms with Crippen molar-refractivity contribution in [1.29, 1.82) is 0 Å². The molecule has 2 N–H and O–H groups in total. The average Bonchev–Trinajstić information content (AvgIpc) is 3.28. The van der Waals surface area contributed by atoms with E-state index in [1.807, 2.05) is 9.80 Å². The van der Waals surface area contributed by atoms with Crippen molar-refractivity contribution in [1.82, 2.24) is 20.4 Å². The molecular weight excluding hydrogens is 365 g/mol. The zero-order chi connectivity index (χ0) is 19.2. The fourth-order valence-electron chi connectivity index (χ4n) is 3.58. The molecule has 4 heterocycles. The van der Waals surface area contributed by atoms with E-state index in [2.05, 4.69) is 15.0 Å². The highest BCUT2D eigenvalue weighted by Gasteiger charge is 2.45. The van der Waals surface area contributed by atoms with Gasteiger partial charge in [-0.05, 0) is 18.6 Å². The number of piperazine rings is 1. The van der Waals surface area contributed by atoms with E-state index in [0.29, 0.717) is 24.9 Å². The number of halogens is 3. The van der Waals surface area contributed by atoms with Crippen LogP contribution in [0.15, 0.2) is 30.6 Å². The van der Waals surface area contributed by atoms with E-state index in [9.17, 15) is 18.0 Å². The van der Waals surface area contributed by atoms with Crippen LogP contribution in [0, 0.1) is 0 Å². The van der Waals surface area contributed by atoms with Gasteiger partial charge in [-0.2, -0.15) is 13.2 Å². The second-order valence-corrected chi connectivity index (χ2v) is 6.44. The molecule has 2 aliphatic rings. The van der Waals surface area contributed by atoms with Gasteiger partial charge in [-0.1, -0.05) is 6.07 Å². The van der Waals surface area contributed by atoms with Crippen LogP contribution in [0.4, 0.5) is 24.9 Å². The van der Waals surface area contributed by atoms with Crippen LogP contribution in [0.3, 0.4) is 0 Å². The SMILES string of the molecule is O=C(NO)c1cnc(N2CC3CC2CN3c2cccc(C(F)(F)F)n2)nc1. The molecule has 2 bridgehead atoms. The Kier molecular flexibility index (Phi) is 4.10. The number of hydrogen-bond acceptors (Lipinski definition) is 7.